The van der Waals surface area contributed by atoms with Crippen molar-refractivity contribution in [2.45, 2.75) is 19.4 Å². The quantitative estimate of drug-likeness (QED) is 0.416. The van der Waals surface area contributed by atoms with Gasteiger partial charge in [0.05, 0.1) is 16.3 Å². The number of carbonyl (C=O) groups excluding carboxylic acids is 2. The summed E-state index contributed by atoms with van der Waals surface area (Å²) < 4.78 is 0. The van der Waals surface area contributed by atoms with Crippen molar-refractivity contribution in [3.63, 3.8) is 0 Å². The van der Waals surface area contributed by atoms with Crippen LogP contribution in [0, 0.1) is 5.92 Å². The first-order valence-electron chi connectivity index (χ1n) is 12.4. The van der Waals surface area contributed by atoms with Crippen LogP contribution in [-0.2, 0) is 11.3 Å². The van der Waals surface area contributed by atoms with Crippen LogP contribution in [0.4, 0.5) is 16.7 Å². The molecule has 3 aromatic heterocycles. The van der Waals surface area contributed by atoms with E-state index in [0.29, 0.717) is 28.4 Å². The lowest BCUT2D eigenvalue weighted by molar-refractivity contribution is -0.115. The third-order valence-electron chi connectivity index (χ3n) is 6.40. The van der Waals surface area contributed by atoms with Gasteiger partial charge in [-0.1, -0.05) is 0 Å². The van der Waals surface area contributed by atoms with E-state index in [1.807, 2.05) is 31.3 Å². The lowest BCUT2D eigenvalue weighted by atomic mass is 9.97. The lowest BCUT2D eigenvalue weighted by Gasteiger charge is -2.32. The first-order chi connectivity index (χ1) is 18.4. The van der Waals surface area contributed by atoms with Crippen LogP contribution in [-0.4, -0.2) is 69.8 Å². The first-order valence-corrected chi connectivity index (χ1v) is 13.2. The van der Waals surface area contributed by atoms with Gasteiger partial charge in [-0.05, 0) is 66.9 Å². The average molecular weight is 532 g/mol. The summed E-state index contributed by atoms with van der Waals surface area (Å²) in [6.45, 7) is 3.42. The van der Waals surface area contributed by atoms with Crippen molar-refractivity contribution in [1.82, 2.24) is 35.6 Å². The van der Waals surface area contributed by atoms with Gasteiger partial charge in [0, 0.05) is 64.1 Å². The molecule has 0 radical (unpaired) electrons. The number of imide groups is 1. The summed E-state index contributed by atoms with van der Waals surface area (Å²) in [6, 6.07) is 5.84. The van der Waals surface area contributed by atoms with Gasteiger partial charge in [-0.3, -0.25) is 19.9 Å². The van der Waals surface area contributed by atoms with Crippen LogP contribution in [0.15, 0.2) is 47.9 Å². The molecule has 3 aromatic rings. The number of amides is 2. The summed E-state index contributed by atoms with van der Waals surface area (Å²) in [7, 11) is 3.83. The van der Waals surface area contributed by atoms with E-state index in [1.54, 1.807) is 30.7 Å². The minimum atomic E-state index is -0.385. The monoisotopic (exact) mass is 531 g/mol. The molecule has 11 nitrogen and oxygen atoms in total. The minimum Gasteiger partial charge on any atom is -0.347 e. The van der Waals surface area contributed by atoms with Crippen LogP contribution in [0.3, 0.4) is 0 Å². The Kier molecular flexibility index (Phi) is 7.89. The lowest BCUT2D eigenvalue weighted by Crippen LogP contribution is -2.38. The summed E-state index contributed by atoms with van der Waals surface area (Å²) in [5.41, 5.74) is 3.54. The number of aromatic nitrogens is 5. The number of piperidine rings is 1. The molecule has 5 rings (SSSR count). The molecule has 0 bridgehead atoms. The molecule has 12 heteroatoms. The van der Waals surface area contributed by atoms with E-state index in [4.69, 9.17) is 0 Å². The number of rotatable bonds is 8. The maximum atomic E-state index is 11.8. The van der Waals surface area contributed by atoms with Crippen LogP contribution in [0.1, 0.15) is 24.1 Å². The molecular weight excluding hydrogens is 502 g/mol. The zero-order valence-corrected chi connectivity index (χ0v) is 22.1. The van der Waals surface area contributed by atoms with Crippen molar-refractivity contribution in [3.05, 3.63) is 59.1 Å². The van der Waals surface area contributed by atoms with E-state index in [1.165, 1.54) is 5.56 Å². The standard InChI is InChI=1S/C26H29N9O2S/c1-34(2)24-30-15-19(16-31-24)21-11-18(3-7-28-21)14-27-13-17-5-9-35(10-6-17)25-29-8-4-20(32-25)12-22-23(36)33-26(37)38-22/h3-4,7-8,11-12,15-17,27H,5-6,9-10,13-14H2,1-2H3,(H,33,36,37). The molecule has 2 saturated heterocycles. The van der Waals surface area contributed by atoms with Crippen molar-refractivity contribution in [2.75, 3.05) is 43.5 Å². The van der Waals surface area contributed by atoms with Gasteiger partial charge in [0.25, 0.3) is 11.1 Å². The van der Waals surface area contributed by atoms with Gasteiger partial charge >= 0.3 is 0 Å². The molecule has 38 heavy (non-hydrogen) atoms. The summed E-state index contributed by atoms with van der Waals surface area (Å²) in [5, 5.41) is 5.49. The number of anilines is 2. The fraction of sp³-hybridized carbons (Fsp3) is 0.346. The highest BCUT2D eigenvalue weighted by Crippen LogP contribution is 2.26. The number of pyridine rings is 1. The van der Waals surface area contributed by atoms with Crippen LogP contribution < -0.4 is 20.4 Å². The second kappa shape index (κ2) is 11.7. The van der Waals surface area contributed by atoms with Gasteiger partial charge in [-0.2, -0.15) is 0 Å². The van der Waals surface area contributed by atoms with Crippen LogP contribution in [0.5, 0.6) is 0 Å². The Bertz CT molecular complexity index is 1340. The van der Waals surface area contributed by atoms with Crippen molar-refractivity contribution in [3.8, 4) is 11.3 Å². The highest BCUT2D eigenvalue weighted by atomic mass is 32.2. The zero-order chi connectivity index (χ0) is 26.5. The normalized spacial score (nSPS) is 17.2. The Hall–Kier alpha value is -3.90. The Morgan fingerprint density at radius 3 is 2.58 bits per heavy atom. The predicted molar refractivity (Wildman–Crippen MR) is 147 cm³/mol. The molecule has 2 fully saturated rings. The van der Waals surface area contributed by atoms with Crippen LogP contribution in [0.25, 0.3) is 17.3 Å². The van der Waals surface area contributed by atoms with Crippen molar-refractivity contribution >= 4 is 40.9 Å². The number of hydrogen-bond donors (Lipinski definition) is 2. The van der Waals surface area contributed by atoms with Gasteiger partial charge in [0.15, 0.2) is 0 Å². The third kappa shape index (κ3) is 6.32. The van der Waals surface area contributed by atoms with Crippen LogP contribution >= 0.6 is 11.8 Å². The Morgan fingerprint density at radius 2 is 1.87 bits per heavy atom. The summed E-state index contributed by atoms with van der Waals surface area (Å²) >= 11 is 0.887. The van der Waals surface area contributed by atoms with E-state index in [9.17, 15) is 9.59 Å². The zero-order valence-electron chi connectivity index (χ0n) is 21.3. The molecule has 2 N–H and O–H groups in total. The Balaban J connectivity index is 1.10. The molecule has 0 aliphatic carbocycles. The molecule has 0 spiro atoms. The van der Waals surface area contributed by atoms with Gasteiger partial charge in [-0.25, -0.2) is 19.9 Å². The second-order valence-electron chi connectivity index (χ2n) is 9.41. The molecule has 0 aromatic carbocycles. The van der Waals surface area contributed by atoms with Gasteiger partial charge in [-0.15, -0.1) is 0 Å². The van der Waals surface area contributed by atoms with Gasteiger partial charge < -0.3 is 15.1 Å². The second-order valence-corrected chi connectivity index (χ2v) is 10.4. The molecule has 196 valence electrons. The summed E-state index contributed by atoms with van der Waals surface area (Å²) in [4.78, 5) is 49.9. The van der Waals surface area contributed by atoms with E-state index < -0.39 is 0 Å². The largest absolute Gasteiger partial charge is 0.347 e. The van der Waals surface area contributed by atoms with Crippen molar-refractivity contribution < 1.29 is 9.59 Å². The van der Waals surface area contributed by atoms with Crippen molar-refractivity contribution in [2.24, 2.45) is 5.92 Å². The number of hydrogen-bond acceptors (Lipinski definition) is 11. The van der Waals surface area contributed by atoms with E-state index in [2.05, 4.69) is 46.5 Å². The molecule has 2 aliphatic heterocycles. The fourth-order valence-electron chi connectivity index (χ4n) is 4.33. The van der Waals surface area contributed by atoms with Gasteiger partial charge in [0.2, 0.25) is 11.9 Å². The maximum Gasteiger partial charge on any atom is 0.290 e. The van der Waals surface area contributed by atoms with E-state index in [0.717, 1.165) is 62.0 Å². The number of nitrogens with one attached hydrogen (secondary N) is 2. The SMILES string of the molecule is CN(C)c1ncc(-c2cc(CNCC3CCN(c4nccc(C=C5SC(=O)NC5=O)n4)CC3)ccn2)cn1. The van der Waals surface area contributed by atoms with E-state index in [-0.39, 0.29) is 11.1 Å². The Morgan fingerprint density at radius 1 is 1.11 bits per heavy atom. The summed E-state index contributed by atoms with van der Waals surface area (Å²) in [5.74, 6) is 1.50. The number of nitrogens with zero attached hydrogens (tertiary/aromatic N) is 7. The highest BCUT2D eigenvalue weighted by Gasteiger charge is 2.25. The molecular formula is C26H29N9O2S. The predicted octanol–water partition coefficient (Wildman–Crippen LogP) is 2.72. The Labute approximate surface area is 225 Å². The van der Waals surface area contributed by atoms with E-state index >= 15 is 0 Å². The minimum absolute atomic E-state index is 0.348. The van der Waals surface area contributed by atoms with Crippen molar-refractivity contribution in [1.29, 1.82) is 0 Å². The average Bonchev–Trinajstić information content (AvgIpc) is 3.25. The molecule has 2 amide bonds. The first kappa shape index (κ1) is 25.7. The fourth-order valence-corrected chi connectivity index (χ4v) is 5.00. The number of carbonyl (C=O) groups is 2. The maximum absolute atomic E-state index is 11.8. The molecule has 5 heterocycles. The third-order valence-corrected chi connectivity index (χ3v) is 7.21. The molecule has 2 aliphatic rings. The highest BCUT2D eigenvalue weighted by molar-refractivity contribution is 8.18. The molecule has 0 saturated carbocycles. The van der Waals surface area contributed by atoms with Gasteiger partial charge in [0.1, 0.15) is 0 Å². The molecule has 0 atom stereocenters. The topological polar surface area (TPSA) is 129 Å². The number of thioether (sulfide) groups is 1. The van der Waals surface area contributed by atoms with Crippen LogP contribution in [0.2, 0.25) is 0 Å². The summed E-state index contributed by atoms with van der Waals surface area (Å²) in [6.07, 6.45) is 10.8. The molecule has 0 unspecified atom stereocenters. The smallest absolute Gasteiger partial charge is 0.290 e.